The first-order valence-corrected chi connectivity index (χ1v) is 4.85. The van der Waals surface area contributed by atoms with Gasteiger partial charge in [-0.15, -0.1) is 0 Å². The van der Waals surface area contributed by atoms with Crippen LogP contribution in [0.15, 0.2) is 0 Å². The van der Waals surface area contributed by atoms with Crippen LogP contribution in [0, 0.1) is 11.8 Å². The van der Waals surface area contributed by atoms with E-state index < -0.39 is 29.8 Å². The number of amides is 2. The van der Waals surface area contributed by atoms with E-state index in [-0.39, 0.29) is 5.91 Å². The summed E-state index contributed by atoms with van der Waals surface area (Å²) in [7, 11) is 0. The number of likely N-dealkylation sites (tertiary alicyclic amines) is 1. The standard InChI is InChI=1S/C9H12N2O4/c10-7(12)6-1-2-11(6)8(13)4-3-5(4)9(14)15/h4-6H,1-3H2,(H2,10,12)(H,14,15)/t4-,5+,6?/m0/s1. The van der Waals surface area contributed by atoms with E-state index >= 15 is 0 Å². The fraction of sp³-hybridized carbons (Fsp3) is 0.667. The topological polar surface area (TPSA) is 101 Å². The third-order valence-electron chi connectivity index (χ3n) is 3.06. The number of hydrogen-bond acceptors (Lipinski definition) is 3. The van der Waals surface area contributed by atoms with Gasteiger partial charge in [0.05, 0.1) is 11.8 Å². The Kier molecular flexibility index (Phi) is 2.13. The third kappa shape index (κ3) is 1.55. The van der Waals surface area contributed by atoms with Crippen molar-refractivity contribution in [2.75, 3.05) is 6.54 Å². The first kappa shape index (κ1) is 9.95. The van der Waals surface area contributed by atoms with Crippen molar-refractivity contribution >= 4 is 17.8 Å². The first-order valence-electron chi connectivity index (χ1n) is 4.85. The lowest BCUT2D eigenvalue weighted by molar-refractivity contribution is -0.149. The summed E-state index contributed by atoms with van der Waals surface area (Å²) < 4.78 is 0. The van der Waals surface area contributed by atoms with Crippen LogP contribution in [-0.2, 0) is 14.4 Å². The van der Waals surface area contributed by atoms with Crippen LogP contribution in [0.3, 0.4) is 0 Å². The SMILES string of the molecule is NC(=O)C1CCN1C(=O)[C@H]1C[C@H]1C(=O)O. The van der Waals surface area contributed by atoms with Crippen molar-refractivity contribution < 1.29 is 19.5 Å². The van der Waals surface area contributed by atoms with Gasteiger partial charge in [-0.1, -0.05) is 0 Å². The number of carboxylic acid groups (broad SMARTS) is 1. The Morgan fingerprint density at radius 3 is 2.27 bits per heavy atom. The maximum atomic E-state index is 11.7. The molecule has 1 aliphatic heterocycles. The largest absolute Gasteiger partial charge is 0.481 e. The highest BCUT2D eigenvalue weighted by Gasteiger charge is 2.52. The number of aliphatic carboxylic acids is 1. The number of primary amides is 1. The van der Waals surface area contributed by atoms with Gasteiger partial charge < -0.3 is 15.7 Å². The molecule has 2 fully saturated rings. The summed E-state index contributed by atoms with van der Waals surface area (Å²) in [6.45, 7) is 0.509. The van der Waals surface area contributed by atoms with Gasteiger partial charge in [-0.3, -0.25) is 14.4 Å². The van der Waals surface area contributed by atoms with Gasteiger partial charge in [0.1, 0.15) is 6.04 Å². The number of rotatable bonds is 3. The summed E-state index contributed by atoms with van der Waals surface area (Å²) in [5.41, 5.74) is 5.09. The van der Waals surface area contributed by atoms with E-state index in [1.807, 2.05) is 0 Å². The minimum Gasteiger partial charge on any atom is -0.481 e. The Bertz CT molecular complexity index is 341. The predicted molar refractivity (Wildman–Crippen MR) is 48.5 cm³/mol. The molecular formula is C9H12N2O4. The van der Waals surface area contributed by atoms with Crippen LogP contribution >= 0.6 is 0 Å². The summed E-state index contributed by atoms with van der Waals surface area (Å²) in [5.74, 6) is -2.69. The molecule has 0 aromatic carbocycles. The van der Waals surface area contributed by atoms with Gasteiger partial charge in [0.2, 0.25) is 11.8 Å². The molecule has 2 aliphatic rings. The molecule has 1 unspecified atom stereocenters. The fourth-order valence-corrected chi connectivity index (χ4v) is 1.90. The number of nitrogens with two attached hydrogens (primary N) is 1. The van der Waals surface area contributed by atoms with Crippen molar-refractivity contribution in [3.8, 4) is 0 Å². The maximum absolute atomic E-state index is 11.7. The van der Waals surface area contributed by atoms with Crippen molar-refractivity contribution in [3.05, 3.63) is 0 Å². The summed E-state index contributed by atoms with van der Waals surface area (Å²) in [6, 6.07) is -0.521. The molecule has 1 aliphatic carbocycles. The molecule has 0 aromatic heterocycles. The minimum absolute atomic E-state index is 0.238. The van der Waals surface area contributed by atoms with Crippen molar-refractivity contribution in [1.29, 1.82) is 0 Å². The highest BCUT2D eigenvalue weighted by Crippen LogP contribution is 2.41. The molecule has 6 nitrogen and oxygen atoms in total. The molecule has 6 heteroatoms. The van der Waals surface area contributed by atoms with E-state index in [0.717, 1.165) is 0 Å². The van der Waals surface area contributed by atoms with E-state index in [2.05, 4.69) is 0 Å². The van der Waals surface area contributed by atoms with Crippen LogP contribution in [0.4, 0.5) is 0 Å². The van der Waals surface area contributed by atoms with Crippen LogP contribution < -0.4 is 5.73 Å². The average molecular weight is 212 g/mol. The number of carbonyl (C=O) groups is 3. The van der Waals surface area contributed by atoms with Crippen LogP contribution in [0.5, 0.6) is 0 Å². The van der Waals surface area contributed by atoms with Gasteiger partial charge in [-0.25, -0.2) is 0 Å². The summed E-state index contributed by atoms with van der Waals surface area (Å²) in [5, 5.41) is 8.66. The first-order chi connectivity index (χ1) is 7.02. The van der Waals surface area contributed by atoms with Crippen LogP contribution in [0.2, 0.25) is 0 Å². The lowest BCUT2D eigenvalue weighted by Crippen LogP contribution is -2.57. The number of carboxylic acids is 1. The number of carbonyl (C=O) groups excluding carboxylic acids is 2. The van der Waals surface area contributed by atoms with E-state index in [1.54, 1.807) is 0 Å². The molecule has 2 rings (SSSR count). The molecule has 0 bridgehead atoms. The Morgan fingerprint density at radius 2 is 1.93 bits per heavy atom. The molecule has 0 radical (unpaired) electrons. The van der Waals surface area contributed by atoms with E-state index in [4.69, 9.17) is 10.8 Å². The predicted octanol–water partition coefficient (Wildman–Crippen LogP) is -1.21. The highest BCUT2D eigenvalue weighted by molar-refractivity contribution is 5.93. The molecule has 3 N–H and O–H groups in total. The zero-order valence-electron chi connectivity index (χ0n) is 8.05. The molecule has 1 heterocycles. The van der Waals surface area contributed by atoms with Crippen molar-refractivity contribution in [3.63, 3.8) is 0 Å². The quantitative estimate of drug-likeness (QED) is 0.613. The molecule has 82 valence electrons. The van der Waals surface area contributed by atoms with Gasteiger partial charge in [-0.2, -0.15) is 0 Å². The van der Waals surface area contributed by atoms with Crippen molar-refractivity contribution in [2.45, 2.75) is 18.9 Å². The second-order valence-electron chi connectivity index (χ2n) is 4.03. The summed E-state index contributed by atoms with van der Waals surface area (Å²) >= 11 is 0. The van der Waals surface area contributed by atoms with E-state index in [1.165, 1.54) is 4.90 Å². The molecule has 2 amide bonds. The maximum Gasteiger partial charge on any atom is 0.307 e. The van der Waals surface area contributed by atoms with Crippen LogP contribution in [-0.4, -0.2) is 40.4 Å². The Balaban J connectivity index is 1.93. The second-order valence-corrected chi connectivity index (χ2v) is 4.03. The van der Waals surface area contributed by atoms with Gasteiger partial charge in [0.25, 0.3) is 0 Å². The zero-order valence-corrected chi connectivity index (χ0v) is 8.05. The molecule has 0 aromatic rings. The Labute approximate surface area is 86.0 Å². The van der Waals surface area contributed by atoms with Gasteiger partial charge in [0.15, 0.2) is 0 Å². The van der Waals surface area contributed by atoms with Crippen LogP contribution in [0.1, 0.15) is 12.8 Å². The normalized spacial score (nSPS) is 33.1. The Hall–Kier alpha value is -1.59. The van der Waals surface area contributed by atoms with Gasteiger partial charge in [-0.05, 0) is 12.8 Å². The fourth-order valence-electron chi connectivity index (χ4n) is 1.90. The van der Waals surface area contributed by atoms with Crippen molar-refractivity contribution in [1.82, 2.24) is 4.90 Å². The monoisotopic (exact) mass is 212 g/mol. The van der Waals surface area contributed by atoms with Gasteiger partial charge >= 0.3 is 5.97 Å². The zero-order chi connectivity index (χ0) is 11.2. The molecule has 3 atom stereocenters. The van der Waals surface area contributed by atoms with Crippen LogP contribution in [0.25, 0.3) is 0 Å². The number of hydrogen-bond donors (Lipinski definition) is 2. The lowest BCUT2D eigenvalue weighted by Gasteiger charge is -2.38. The molecular weight excluding hydrogens is 200 g/mol. The van der Waals surface area contributed by atoms with E-state index in [9.17, 15) is 14.4 Å². The average Bonchev–Trinajstić information content (AvgIpc) is 2.77. The van der Waals surface area contributed by atoms with Crippen molar-refractivity contribution in [2.24, 2.45) is 17.6 Å². The number of nitrogens with zero attached hydrogens (tertiary/aromatic N) is 1. The lowest BCUT2D eigenvalue weighted by atomic mass is 10.0. The molecule has 1 saturated carbocycles. The smallest absolute Gasteiger partial charge is 0.307 e. The van der Waals surface area contributed by atoms with E-state index in [0.29, 0.717) is 19.4 Å². The summed E-state index contributed by atoms with van der Waals surface area (Å²) in [4.78, 5) is 34.5. The second kappa shape index (κ2) is 3.22. The van der Waals surface area contributed by atoms with Gasteiger partial charge in [0, 0.05) is 6.54 Å². The highest BCUT2D eigenvalue weighted by atomic mass is 16.4. The third-order valence-corrected chi connectivity index (χ3v) is 3.06. The minimum atomic E-state index is -0.940. The summed E-state index contributed by atoms with van der Waals surface area (Å²) in [6.07, 6.45) is 0.974. The molecule has 0 spiro atoms. The molecule has 15 heavy (non-hydrogen) atoms. The molecule has 1 saturated heterocycles. The Morgan fingerprint density at radius 1 is 1.27 bits per heavy atom.